The number of nitrogens with zero attached hydrogens (tertiary/aromatic N) is 1. The zero-order valence-electron chi connectivity index (χ0n) is 21.2. The van der Waals surface area contributed by atoms with Crippen molar-refractivity contribution in [3.8, 4) is 5.75 Å². The van der Waals surface area contributed by atoms with Gasteiger partial charge in [0.1, 0.15) is 5.75 Å². The SMILES string of the molecule is CCCOc1ccc(C([O-])=C2C(=O)C(=O)N(Cc3ccc[nH+]c3)C2c2ccc(C(C)(C)C)cc2)cc1. The van der Waals surface area contributed by atoms with Crippen LogP contribution >= 0.6 is 0 Å². The number of ketones is 1. The highest BCUT2D eigenvalue weighted by atomic mass is 16.5. The van der Waals surface area contributed by atoms with E-state index in [0.29, 0.717) is 17.9 Å². The molecule has 1 N–H and O–H groups in total. The Labute approximate surface area is 212 Å². The Kier molecular flexibility index (Phi) is 7.25. The summed E-state index contributed by atoms with van der Waals surface area (Å²) in [5, 5.41) is 13.7. The fraction of sp³-hybridized carbons (Fsp3) is 0.300. The van der Waals surface area contributed by atoms with Gasteiger partial charge in [-0.2, -0.15) is 0 Å². The van der Waals surface area contributed by atoms with Crippen molar-refractivity contribution in [2.24, 2.45) is 0 Å². The van der Waals surface area contributed by atoms with Gasteiger partial charge < -0.3 is 14.7 Å². The third-order valence-corrected chi connectivity index (χ3v) is 6.34. The third-order valence-electron chi connectivity index (χ3n) is 6.34. The van der Waals surface area contributed by atoms with Crippen LogP contribution in [0.15, 0.2) is 78.6 Å². The molecule has 2 aromatic carbocycles. The first kappa shape index (κ1) is 25.2. The Bertz CT molecular complexity index is 1260. The van der Waals surface area contributed by atoms with Crippen LogP contribution in [0.3, 0.4) is 0 Å². The van der Waals surface area contributed by atoms with Crippen LogP contribution in [0.25, 0.3) is 5.76 Å². The van der Waals surface area contributed by atoms with Gasteiger partial charge in [0.15, 0.2) is 12.4 Å². The second kappa shape index (κ2) is 10.4. The van der Waals surface area contributed by atoms with Crippen LogP contribution < -0.4 is 14.8 Å². The van der Waals surface area contributed by atoms with Gasteiger partial charge in [-0.3, -0.25) is 9.59 Å². The van der Waals surface area contributed by atoms with Crippen molar-refractivity contribution in [3.05, 3.63) is 101 Å². The van der Waals surface area contributed by atoms with Crippen LogP contribution in [0, 0.1) is 0 Å². The number of nitrogens with one attached hydrogen (secondary N) is 1. The molecule has 6 heteroatoms. The van der Waals surface area contributed by atoms with E-state index in [2.05, 4.69) is 25.8 Å². The van der Waals surface area contributed by atoms with E-state index >= 15 is 0 Å². The maximum absolute atomic E-state index is 13.7. The summed E-state index contributed by atoms with van der Waals surface area (Å²) in [5.41, 5.74) is 2.96. The summed E-state index contributed by atoms with van der Waals surface area (Å²) < 4.78 is 5.62. The van der Waals surface area contributed by atoms with Crippen molar-refractivity contribution in [2.45, 2.75) is 52.1 Å². The lowest BCUT2D eigenvalue weighted by Crippen LogP contribution is -2.29. The molecular weight excluding hydrogens is 452 g/mol. The predicted molar refractivity (Wildman–Crippen MR) is 136 cm³/mol. The first-order valence-electron chi connectivity index (χ1n) is 12.3. The van der Waals surface area contributed by atoms with Crippen LogP contribution in [0.2, 0.25) is 0 Å². The topological polar surface area (TPSA) is 83.8 Å². The quantitative estimate of drug-likeness (QED) is 0.288. The van der Waals surface area contributed by atoms with Crippen molar-refractivity contribution >= 4 is 17.4 Å². The number of benzene rings is 2. The van der Waals surface area contributed by atoms with Gasteiger partial charge in [-0.05, 0) is 46.7 Å². The smallest absolute Gasteiger partial charge is 0.295 e. The van der Waals surface area contributed by atoms with Crippen LogP contribution in [-0.4, -0.2) is 23.2 Å². The van der Waals surface area contributed by atoms with E-state index in [-0.39, 0.29) is 17.5 Å². The lowest BCUT2D eigenvalue weighted by molar-refractivity contribution is -0.378. The highest BCUT2D eigenvalue weighted by Crippen LogP contribution is 2.40. The number of carbonyl (C=O) groups excluding carboxylic acids is 2. The van der Waals surface area contributed by atoms with E-state index in [0.717, 1.165) is 23.1 Å². The van der Waals surface area contributed by atoms with E-state index in [1.165, 1.54) is 4.90 Å². The lowest BCUT2D eigenvalue weighted by Gasteiger charge is -2.28. The fourth-order valence-corrected chi connectivity index (χ4v) is 4.35. The summed E-state index contributed by atoms with van der Waals surface area (Å²) >= 11 is 0. The molecule has 1 unspecified atom stereocenters. The standard InChI is InChI=1S/C30H32N2O4/c1-5-17-36-24-14-10-22(11-15-24)27(33)25-26(21-8-12-23(13-9-21)30(2,3)4)32(29(35)28(25)34)19-20-7-6-16-31-18-20/h6-16,18,26,33H,5,17,19H2,1-4H3. The van der Waals surface area contributed by atoms with Crippen LogP contribution in [-0.2, 0) is 21.5 Å². The molecule has 0 bridgehead atoms. The Hall–Kier alpha value is -3.93. The number of Topliss-reactive ketones (excluding diaryl/α,β-unsaturated/α-hetero) is 1. The molecule has 3 aromatic rings. The number of aromatic nitrogens is 1. The summed E-state index contributed by atoms with van der Waals surface area (Å²) in [6.07, 6.45) is 4.43. The Morgan fingerprint density at radius 3 is 2.31 bits per heavy atom. The minimum Gasteiger partial charge on any atom is -0.872 e. The van der Waals surface area contributed by atoms with Gasteiger partial charge in [0.05, 0.1) is 19.2 Å². The maximum atomic E-state index is 13.7. The lowest BCUT2D eigenvalue weighted by atomic mass is 9.85. The molecule has 0 aliphatic carbocycles. The number of ether oxygens (including phenoxy) is 1. The molecule has 0 radical (unpaired) electrons. The van der Waals surface area contributed by atoms with E-state index in [1.807, 2.05) is 43.3 Å². The molecular formula is C30H32N2O4. The number of hydrogen-bond donors (Lipinski definition) is 0. The summed E-state index contributed by atoms with van der Waals surface area (Å²) in [4.78, 5) is 31.0. The molecule has 1 saturated heterocycles. The molecule has 6 nitrogen and oxygen atoms in total. The van der Waals surface area contributed by atoms with Crippen molar-refractivity contribution in [1.29, 1.82) is 0 Å². The van der Waals surface area contributed by atoms with E-state index in [9.17, 15) is 14.7 Å². The summed E-state index contributed by atoms with van der Waals surface area (Å²) in [7, 11) is 0. The van der Waals surface area contributed by atoms with E-state index < -0.39 is 23.5 Å². The minimum atomic E-state index is -0.775. The second-order valence-electron chi connectivity index (χ2n) is 10.1. The van der Waals surface area contributed by atoms with Crippen molar-refractivity contribution in [1.82, 2.24) is 4.90 Å². The molecule has 1 amide bonds. The first-order chi connectivity index (χ1) is 17.2. The molecule has 2 heterocycles. The van der Waals surface area contributed by atoms with Crippen molar-refractivity contribution < 1.29 is 24.4 Å². The average Bonchev–Trinajstić information content (AvgIpc) is 3.12. The average molecular weight is 485 g/mol. The van der Waals surface area contributed by atoms with Crippen LogP contribution in [0.1, 0.15) is 62.4 Å². The molecule has 1 fully saturated rings. The Morgan fingerprint density at radius 1 is 1.03 bits per heavy atom. The molecule has 36 heavy (non-hydrogen) atoms. The summed E-state index contributed by atoms with van der Waals surface area (Å²) in [5.74, 6) is -1.21. The highest BCUT2D eigenvalue weighted by Gasteiger charge is 2.44. The van der Waals surface area contributed by atoms with Gasteiger partial charge in [0, 0.05) is 17.2 Å². The zero-order chi connectivity index (χ0) is 25.9. The van der Waals surface area contributed by atoms with Gasteiger partial charge in [-0.15, -0.1) is 0 Å². The van der Waals surface area contributed by atoms with Gasteiger partial charge in [0.25, 0.3) is 5.91 Å². The summed E-state index contributed by atoms with van der Waals surface area (Å²) in [6, 6.07) is 17.5. The van der Waals surface area contributed by atoms with Gasteiger partial charge in [0.2, 0.25) is 5.78 Å². The molecule has 1 aliphatic heterocycles. The highest BCUT2D eigenvalue weighted by molar-refractivity contribution is 6.46. The minimum absolute atomic E-state index is 0.0226. The molecule has 0 spiro atoms. The molecule has 1 atom stereocenters. The Morgan fingerprint density at radius 2 is 1.72 bits per heavy atom. The predicted octanol–water partition coefficient (Wildman–Crippen LogP) is 4.01. The number of likely N-dealkylation sites (tertiary alicyclic amines) is 1. The monoisotopic (exact) mass is 484 g/mol. The maximum Gasteiger partial charge on any atom is 0.295 e. The van der Waals surface area contributed by atoms with E-state index in [1.54, 1.807) is 36.7 Å². The van der Waals surface area contributed by atoms with Crippen LogP contribution in [0.5, 0.6) is 5.75 Å². The first-order valence-corrected chi connectivity index (χ1v) is 12.3. The summed E-state index contributed by atoms with van der Waals surface area (Å²) in [6.45, 7) is 9.17. The number of amides is 1. The van der Waals surface area contributed by atoms with Crippen molar-refractivity contribution in [2.75, 3.05) is 6.61 Å². The van der Waals surface area contributed by atoms with Crippen LogP contribution in [0.4, 0.5) is 0 Å². The number of hydrogen-bond acceptors (Lipinski definition) is 4. The van der Waals surface area contributed by atoms with Gasteiger partial charge in [-0.25, -0.2) is 4.98 Å². The molecule has 1 aliphatic rings. The molecule has 4 rings (SSSR count). The number of aromatic amines is 1. The molecule has 0 saturated carbocycles. The number of carbonyl (C=O) groups is 2. The third kappa shape index (κ3) is 5.18. The Balaban J connectivity index is 1.79. The molecule has 1 aromatic heterocycles. The second-order valence-corrected chi connectivity index (χ2v) is 10.1. The van der Waals surface area contributed by atoms with E-state index in [4.69, 9.17) is 4.74 Å². The zero-order valence-corrected chi connectivity index (χ0v) is 21.2. The number of pyridine rings is 1. The van der Waals surface area contributed by atoms with Crippen molar-refractivity contribution in [3.63, 3.8) is 0 Å². The van der Waals surface area contributed by atoms with Gasteiger partial charge >= 0.3 is 0 Å². The fourth-order valence-electron chi connectivity index (χ4n) is 4.35. The number of rotatable bonds is 7. The number of H-pyrrole nitrogens is 1. The largest absolute Gasteiger partial charge is 0.872 e. The normalized spacial score (nSPS) is 17.4. The molecule has 186 valence electrons. The van der Waals surface area contributed by atoms with Gasteiger partial charge in [-0.1, -0.05) is 69.9 Å².